The Kier molecular flexibility index (Phi) is 4.42. The SMILES string of the molecule is O=C(c1ccccc1)N1CC[C@@H](c2nc(-c3ccc[nH]c3=O)cc(=O)[nH]2)C1. The van der Waals surface area contributed by atoms with E-state index in [1.807, 2.05) is 18.2 Å². The summed E-state index contributed by atoms with van der Waals surface area (Å²) >= 11 is 0. The molecule has 0 aliphatic carbocycles. The van der Waals surface area contributed by atoms with E-state index in [9.17, 15) is 14.4 Å². The van der Waals surface area contributed by atoms with Crippen LogP contribution in [0.25, 0.3) is 11.3 Å². The maximum absolute atomic E-state index is 12.6. The summed E-state index contributed by atoms with van der Waals surface area (Å²) in [5, 5.41) is 0. The van der Waals surface area contributed by atoms with Crippen LogP contribution in [0.3, 0.4) is 0 Å². The predicted octanol–water partition coefficient (Wildman–Crippen LogP) is 1.75. The molecule has 27 heavy (non-hydrogen) atoms. The molecule has 7 heteroatoms. The minimum atomic E-state index is -0.314. The number of nitrogens with zero attached hydrogens (tertiary/aromatic N) is 2. The number of amides is 1. The van der Waals surface area contributed by atoms with Gasteiger partial charge in [-0.1, -0.05) is 18.2 Å². The van der Waals surface area contributed by atoms with Gasteiger partial charge in [-0.05, 0) is 30.7 Å². The Balaban J connectivity index is 1.60. The molecule has 1 aromatic carbocycles. The largest absolute Gasteiger partial charge is 0.338 e. The minimum Gasteiger partial charge on any atom is -0.338 e. The van der Waals surface area contributed by atoms with Gasteiger partial charge in [-0.2, -0.15) is 0 Å². The lowest BCUT2D eigenvalue weighted by atomic mass is 10.1. The van der Waals surface area contributed by atoms with Crippen molar-refractivity contribution in [1.82, 2.24) is 19.9 Å². The van der Waals surface area contributed by atoms with Gasteiger partial charge in [0.2, 0.25) is 0 Å². The van der Waals surface area contributed by atoms with E-state index < -0.39 is 0 Å². The second-order valence-corrected chi connectivity index (χ2v) is 6.53. The molecule has 0 saturated carbocycles. The predicted molar refractivity (Wildman–Crippen MR) is 101 cm³/mol. The molecule has 1 amide bonds. The summed E-state index contributed by atoms with van der Waals surface area (Å²) in [7, 11) is 0. The van der Waals surface area contributed by atoms with E-state index in [0.717, 1.165) is 0 Å². The van der Waals surface area contributed by atoms with Crippen LogP contribution in [0, 0.1) is 0 Å². The molecule has 1 fully saturated rings. The second kappa shape index (κ2) is 7.03. The monoisotopic (exact) mass is 362 g/mol. The average Bonchev–Trinajstić information content (AvgIpc) is 3.18. The first-order valence-corrected chi connectivity index (χ1v) is 8.75. The molecule has 3 heterocycles. The van der Waals surface area contributed by atoms with Gasteiger partial charge in [-0.25, -0.2) is 4.98 Å². The third kappa shape index (κ3) is 3.44. The van der Waals surface area contributed by atoms with Gasteiger partial charge >= 0.3 is 0 Å². The number of H-pyrrole nitrogens is 2. The molecule has 0 bridgehead atoms. The van der Waals surface area contributed by atoms with E-state index in [0.29, 0.717) is 42.2 Å². The standard InChI is InChI=1S/C20H18N4O3/c25-17-11-16(15-7-4-9-21-19(15)26)22-18(23-17)14-8-10-24(12-14)20(27)13-5-2-1-3-6-13/h1-7,9,11,14H,8,10,12H2,(H,21,26)(H,22,23,25)/t14-/m1/s1. The molecule has 0 unspecified atom stereocenters. The highest BCUT2D eigenvalue weighted by atomic mass is 16.2. The van der Waals surface area contributed by atoms with Crippen molar-refractivity contribution >= 4 is 5.91 Å². The van der Waals surface area contributed by atoms with Crippen LogP contribution >= 0.6 is 0 Å². The van der Waals surface area contributed by atoms with Crippen molar-refractivity contribution in [3.05, 3.63) is 86.8 Å². The molecule has 7 nitrogen and oxygen atoms in total. The third-order valence-corrected chi connectivity index (χ3v) is 4.74. The minimum absolute atomic E-state index is 0.0314. The molecule has 1 saturated heterocycles. The van der Waals surface area contributed by atoms with Crippen LogP contribution in [-0.4, -0.2) is 38.8 Å². The number of aromatic amines is 2. The van der Waals surface area contributed by atoms with Gasteiger partial charge in [0.25, 0.3) is 17.0 Å². The van der Waals surface area contributed by atoms with Crippen LogP contribution in [0.1, 0.15) is 28.5 Å². The Morgan fingerprint density at radius 3 is 2.70 bits per heavy atom. The Bertz CT molecular complexity index is 1090. The van der Waals surface area contributed by atoms with Crippen LogP contribution < -0.4 is 11.1 Å². The molecule has 1 atom stereocenters. The number of rotatable bonds is 3. The van der Waals surface area contributed by atoms with E-state index in [1.54, 1.807) is 29.2 Å². The number of nitrogens with one attached hydrogen (secondary N) is 2. The summed E-state index contributed by atoms with van der Waals surface area (Å²) in [6, 6.07) is 13.8. The highest BCUT2D eigenvalue weighted by Crippen LogP contribution is 2.26. The maximum Gasteiger partial charge on any atom is 0.257 e. The Morgan fingerprint density at radius 1 is 1.11 bits per heavy atom. The molecule has 3 aromatic rings. The van der Waals surface area contributed by atoms with Crippen LogP contribution in [0.4, 0.5) is 0 Å². The van der Waals surface area contributed by atoms with Crippen molar-refractivity contribution in [3.63, 3.8) is 0 Å². The van der Waals surface area contributed by atoms with Gasteiger partial charge in [0.15, 0.2) is 0 Å². The first-order valence-electron chi connectivity index (χ1n) is 8.75. The van der Waals surface area contributed by atoms with Gasteiger partial charge < -0.3 is 14.9 Å². The highest BCUT2D eigenvalue weighted by Gasteiger charge is 2.29. The first-order chi connectivity index (χ1) is 13.1. The maximum atomic E-state index is 12.6. The zero-order valence-corrected chi connectivity index (χ0v) is 14.5. The summed E-state index contributed by atoms with van der Waals surface area (Å²) in [5.41, 5.74) is 0.715. The molecule has 1 aliphatic rings. The molecule has 0 spiro atoms. The van der Waals surface area contributed by atoms with Crippen molar-refractivity contribution in [1.29, 1.82) is 0 Å². The van der Waals surface area contributed by atoms with Gasteiger partial charge in [0, 0.05) is 36.8 Å². The topological polar surface area (TPSA) is 98.9 Å². The van der Waals surface area contributed by atoms with Crippen molar-refractivity contribution < 1.29 is 4.79 Å². The van der Waals surface area contributed by atoms with Crippen LogP contribution in [0.2, 0.25) is 0 Å². The lowest BCUT2D eigenvalue weighted by Crippen LogP contribution is -2.28. The number of aromatic nitrogens is 3. The van der Waals surface area contributed by atoms with Crippen LogP contribution in [0.5, 0.6) is 0 Å². The van der Waals surface area contributed by atoms with Crippen LogP contribution in [-0.2, 0) is 0 Å². The molecular weight excluding hydrogens is 344 g/mol. The van der Waals surface area contributed by atoms with E-state index >= 15 is 0 Å². The molecule has 1 aliphatic heterocycles. The zero-order chi connectivity index (χ0) is 18.8. The van der Waals surface area contributed by atoms with Gasteiger partial charge in [0.1, 0.15) is 5.82 Å². The molecule has 136 valence electrons. The Morgan fingerprint density at radius 2 is 1.93 bits per heavy atom. The zero-order valence-electron chi connectivity index (χ0n) is 14.5. The van der Waals surface area contributed by atoms with Crippen molar-refractivity contribution in [2.75, 3.05) is 13.1 Å². The summed E-state index contributed by atoms with van der Waals surface area (Å²) in [6.07, 6.45) is 2.24. The normalized spacial score (nSPS) is 16.4. The lowest BCUT2D eigenvalue weighted by molar-refractivity contribution is 0.0790. The quantitative estimate of drug-likeness (QED) is 0.741. The summed E-state index contributed by atoms with van der Waals surface area (Å²) in [6.45, 7) is 1.07. The van der Waals surface area contributed by atoms with Crippen molar-refractivity contribution in [2.24, 2.45) is 0 Å². The number of hydrogen-bond acceptors (Lipinski definition) is 4. The van der Waals surface area contributed by atoms with Gasteiger partial charge in [0.05, 0.1) is 11.3 Å². The van der Waals surface area contributed by atoms with Crippen LogP contribution in [0.15, 0.2) is 64.3 Å². The fraction of sp³-hybridized carbons (Fsp3) is 0.200. The van der Waals surface area contributed by atoms with Crippen molar-refractivity contribution in [2.45, 2.75) is 12.3 Å². The summed E-state index contributed by atoms with van der Waals surface area (Å²) in [5.74, 6) is 0.397. The fourth-order valence-corrected chi connectivity index (χ4v) is 3.36. The summed E-state index contributed by atoms with van der Waals surface area (Å²) < 4.78 is 0. The molecule has 2 N–H and O–H groups in total. The highest BCUT2D eigenvalue weighted by molar-refractivity contribution is 5.94. The number of pyridine rings is 1. The van der Waals surface area contributed by atoms with Gasteiger partial charge in [-0.15, -0.1) is 0 Å². The Labute approximate surface area is 154 Å². The molecular formula is C20H18N4O3. The van der Waals surface area contributed by atoms with E-state index in [2.05, 4.69) is 15.0 Å². The fourth-order valence-electron chi connectivity index (χ4n) is 3.36. The number of carbonyl (C=O) groups is 1. The Hall–Kier alpha value is -3.48. The van der Waals surface area contributed by atoms with E-state index in [1.165, 1.54) is 12.3 Å². The number of likely N-dealkylation sites (tertiary alicyclic amines) is 1. The van der Waals surface area contributed by atoms with E-state index in [4.69, 9.17) is 0 Å². The van der Waals surface area contributed by atoms with Gasteiger partial charge in [-0.3, -0.25) is 14.4 Å². The summed E-state index contributed by atoms with van der Waals surface area (Å²) in [4.78, 5) is 48.3. The number of benzene rings is 1. The lowest BCUT2D eigenvalue weighted by Gasteiger charge is -2.16. The molecule has 2 aromatic heterocycles. The third-order valence-electron chi connectivity index (χ3n) is 4.74. The smallest absolute Gasteiger partial charge is 0.257 e. The van der Waals surface area contributed by atoms with E-state index in [-0.39, 0.29) is 22.9 Å². The number of hydrogen-bond donors (Lipinski definition) is 2. The number of carbonyl (C=O) groups excluding carboxylic acids is 1. The second-order valence-electron chi connectivity index (χ2n) is 6.53. The molecule has 4 rings (SSSR count). The average molecular weight is 362 g/mol. The van der Waals surface area contributed by atoms with Crippen molar-refractivity contribution in [3.8, 4) is 11.3 Å². The first kappa shape index (κ1) is 17.0. The molecule has 0 radical (unpaired) electrons.